The Bertz CT molecular complexity index is 2350. The van der Waals surface area contributed by atoms with Crippen LogP contribution in [0.4, 0.5) is 15.9 Å². The summed E-state index contributed by atoms with van der Waals surface area (Å²) in [4.78, 5) is 71.2. The summed E-state index contributed by atoms with van der Waals surface area (Å²) in [6.45, 7) is 13.4. The highest BCUT2D eigenvalue weighted by Gasteiger charge is 2.64. The smallest absolute Gasteiger partial charge is 0.272 e. The van der Waals surface area contributed by atoms with Gasteiger partial charge >= 0.3 is 0 Å². The van der Waals surface area contributed by atoms with E-state index in [0.29, 0.717) is 47.2 Å². The van der Waals surface area contributed by atoms with Crippen molar-refractivity contribution in [2.24, 2.45) is 28.6 Å². The van der Waals surface area contributed by atoms with Crippen LogP contribution < -0.4 is 25.2 Å². The summed E-state index contributed by atoms with van der Waals surface area (Å²) in [6, 6.07) is 11.8. The van der Waals surface area contributed by atoms with Crippen LogP contribution in [-0.2, 0) is 9.59 Å². The highest BCUT2D eigenvalue weighted by molar-refractivity contribution is 6.31. The molecule has 4 aliphatic heterocycles. The van der Waals surface area contributed by atoms with Crippen molar-refractivity contribution in [1.82, 2.24) is 30.6 Å². The second kappa shape index (κ2) is 14.5. The summed E-state index contributed by atoms with van der Waals surface area (Å²) in [7, 11) is 0. The molecule has 15 nitrogen and oxygen atoms in total. The van der Waals surface area contributed by atoms with Crippen molar-refractivity contribution in [3.05, 3.63) is 75.7 Å². The molecule has 2 N–H and O–H groups in total. The van der Waals surface area contributed by atoms with Gasteiger partial charge in [0, 0.05) is 75.2 Å². The van der Waals surface area contributed by atoms with Crippen molar-refractivity contribution in [3.63, 3.8) is 0 Å². The number of fused-ring (bicyclic) bond motifs is 2. The molecule has 60 heavy (non-hydrogen) atoms. The van der Waals surface area contributed by atoms with E-state index in [1.54, 1.807) is 24.3 Å². The Labute approximate surface area is 351 Å². The number of ether oxygens (including phenoxy) is 1. The first-order chi connectivity index (χ1) is 28.6. The predicted molar refractivity (Wildman–Crippen MR) is 216 cm³/mol. The molecule has 2 saturated carbocycles. The molecule has 17 heteroatoms. The zero-order valence-corrected chi connectivity index (χ0v) is 34.5. The first-order valence-corrected chi connectivity index (χ1v) is 20.7. The monoisotopic (exact) mass is 837 g/mol. The molecule has 0 spiro atoms. The molecule has 1 aromatic heterocycles. The number of carbonyl (C=O) groups is 5. The topological polar surface area (TPSA) is 181 Å². The number of hydrogen-bond donors (Lipinski definition) is 2. The van der Waals surface area contributed by atoms with Gasteiger partial charge in [0.25, 0.3) is 17.7 Å². The molecular formula is C43H45ClFN9O6. The third-order valence-electron chi connectivity index (χ3n) is 13.7. The number of nitrogens with one attached hydrogen (secondary N) is 2. The molecule has 5 amide bonds. The Balaban J connectivity index is 0.744. The Kier molecular flexibility index (Phi) is 9.62. The Hall–Kier alpha value is -5.66. The molecule has 4 atom stereocenters. The van der Waals surface area contributed by atoms with E-state index in [9.17, 15) is 29.2 Å². The molecule has 1 unspecified atom stereocenters. The summed E-state index contributed by atoms with van der Waals surface area (Å²) >= 11 is 6.24. The third-order valence-corrected chi connectivity index (χ3v) is 14.0. The second-order valence-corrected chi connectivity index (χ2v) is 18.5. The lowest BCUT2D eigenvalue weighted by molar-refractivity contribution is -0.164. The fourth-order valence-electron chi connectivity index (χ4n) is 10.7. The van der Waals surface area contributed by atoms with Crippen molar-refractivity contribution in [2.45, 2.75) is 58.7 Å². The van der Waals surface area contributed by atoms with Crippen LogP contribution in [0.3, 0.4) is 0 Å². The Morgan fingerprint density at radius 1 is 0.950 bits per heavy atom. The first-order valence-electron chi connectivity index (χ1n) is 20.3. The molecule has 6 aliphatic rings. The largest absolute Gasteiger partial charge is 0.489 e. The molecule has 3 aromatic rings. The Morgan fingerprint density at radius 2 is 1.63 bits per heavy atom. The average Bonchev–Trinajstić information content (AvgIpc) is 3.52. The number of benzene rings is 2. The summed E-state index contributed by atoms with van der Waals surface area (Å²) in [6.07, 6.45) is -0.182. The standard InChI is InChI=1S/C43H45ClFN9O6/c1-42(2)40(43(3,4)41(42)60-23-6-5-22(18-46)29(44)15-23)48-36(56)31-7-9-34(50-49-31)53-20-27-26(28(27)21-53)19-51-11-13-52(14-12-51)33-17-25-24(16-30(33)45)38(58)54(39(25)59)32-8-10-35(55)47-37(32)57/h5-7,9,15-17,26-28,32,40-41H,8,10-14,19-21H2,1-4H3,(H,48,56)(H,47,55,57)/t26-,27-,28+,32?,40?,41?. The van der Waals surface area contributed by atoms with Gasteiger partial charge in [0.2, 0.25) is 11.8 Å². The van der Waals surface area contributed by atoms with Crippen molar-refractivity contribution in [1.29, 1.82) is 5.26 Å². The fourth-order valence-corrected chi connectivity index (χ4v) is 10.9. The van der Waals surface area contributed by atoms with Crippen molar-refractivity contribution in [2.75, 3.05) is 55.6 Å². The van der Waals surface area contributed by atoms with Gasteiger partial charge in [-0.25, -0.2) is 4.39 Å². The summed E-state index contributed by atoms with van der Waals surface area (Å²) in [5.41, 5.74) is 0.0403. The normalized spacial score (nSPS) is 27.8. The van der Waals surface area contributed by atoms with Crippen molar-refractivity contribution < 1.29 is 33.1 Å². The van der Waals surface area contributed by atoms with E-state index in [0.717, 1.165) is 49.5 Å². The molecule has 2 aliphatic carbocycles. The van der Waals surface area contributed by atoms with Gasteiger partial charge < -0.3 is 19.9 Å². The van der Waals surface area contributed by atoms with E-state index < -0.39 is 46.3 Å². The summed E-state index contributed by atoms with van der Waals surface area (Å²) in [5.74, 6) is -0.549. The van der Waals surface area contributed by atoms with E-state index in [1.807, 2.05) is 38.7 Å². The number of hydrogen-bond acceptors (Lipinski definition) is 12. The van der Waals surface area contributed by atoms with Crippen LogP contribution in [0.1, 0.15) is 77.3 Å². The predicted octanol–water partition coefficient (Wildman–Crippen LogP) is 3.66. The number of imide groups is 2. The zero-order valence-electron chi connectivity index (χ0n) is 33.7. The zero-order chi connectivity index (χ0) is 42.4. The minimum Gasteiger partial charge on any atom is -0.489 e. The number of halogens is 2. The molecule has 5 heterocycles. The van der Waals surface area contributed by atoms with E-state index in [4.69, 9.17) is 16.3 Å². The van der Waals surface area contributed by atoms with Crippen molar-refractivity contribution in [3.8, 4) is 11.8 Å². The summed E-state index contributed by atoms with van der Waals surface area (Å²) < 4.78 is 21.8. The van der Waals surface area contributed by atoms with E-state index in [1.165, 1.54) is 6.07 Å². The number of rotatable bonds is 9. The van der Waals surface area contributed by atoms with Crippen LogP contribution in [-0.4, -0.2) is 114 Å². The minimum absolute atomic E-state index is 0.0113. The number of carbonyl (C=O) groups excluding carboxylic acids is 5. The quantitative estimate of drug-likeness (QED) is 0.299. The van der Waals surface area contributed by atoms with E-state index in [-0.39, 0.29) is 53.4 Å². The molecule has 0 bridgehead atoms. The second-order valence-electron chi connectivity index (χ2n) is 18.1. The molecule has 312 valence electrons. The van der Waals surface area contributed by atoms with Crippen LogP contribution >= 0.6 is 11.6 Å². The van der Waals surface area contributed by atoms with Gasteiger partial charge in [-0.1, -0.05) is 39.3 Å². The van der Waals surface area contributed by atoms with Crippen molar-refractivity contribution >= 4 is 52.6 Å². The molecule has 3 saturated heterocycles. The number of aromatic nitrogens is 2. The lowest BCUT2D eigenvalue weighted by Crippen LogP contribution is -2.74. The van der Waals surface area contributed by atoms with Gasteiger partial charge in [-0.05, 0) is 60.6 Å². The number of piperazine rings is 1. The summed E-state index contributed by atoms with van der Waals surface area (Å²) in [5, 5.41) is 23.6. The number of piperidine rings is 2. The van der Waals surface area contributed by atoms with Crippen LogP contribution in [0, 0.1) is 45.7 Å². The lowest BCUT2D eigenvalue weighted by Gasteiger charge is -2.63. The molecule has 0 radical (unpaired) electrons. The fraction of sp³-hybridized carbons (Fsp3) is 0.488. The number of amides is 5. The van der Waals surface area contributed by atoms with E-state index >= 15 is 4.39 Å². The van der Waals surface area contributed by atoms with Gasteiger partial charge in [0.05, 0.1) is 27.4 Å². The van der Waals surface area contributed by atoms with Gasteiger partial charge in [0.1, 0.15) is 29.8 Å². The highest BCUT2D eigenvalue weighted by atomic mass is 35.5. The van der Waals surface area contributed by atoms with Gasteiger partial charge in [-0.2, -0.15) is 5.26 Å². The Morgan fingerprint density at radius 3 is 2.25 bits per heavy atom. The number of nitrogens with zero attached hydrogens (tertiary/aromatic N) is 7. The van der Waals surface area contributed by atoms with Gasteiger partial charge in [-0.15, -0.1) is 10.2 Å². The van der Waals surface area contributed by atoms with Crippen LogP contribution in [0.25, 0.3) is 0 Å². The van der Waals surface area contributed by atoms with Crippen LogP contribution in [0.2, 0.25) is 5.02 Å². The minimum atomic E-state index is -1.11. The lowest BCUT2D eigenvalue weighted by atomic mass is 9.49. The average molecular weight is 838 g/mol. The molecule has 2 aromatic carbocycles. The maximum absolute atomic E-state index is 15.5. The van der Waals surface area contributed by atoms with Gasteiger partial charge in [0.15, 0.2) is 11.5 Å². The molecule has 5 fully saturated rings. The van der Waals surface area contributed by atoms with Crippen LogP contribution in [0.15, 0.2) is 42.5 Å². The van der Waals surface area contributed by atoms with E-state index in [2.05, 4.69) is 36.7 Å². The van der Waals surface area contributed by atoms with Crippen LogP contribution in [0.5, 0.6) is 5.75 Å². The number of nitriles is 1. The number of anilines is 2. The van der Waals surface area contributed by atoms with Gasteiger partial charge in [-0.3, -0.25) is 39.1 Å². The first kappa shape index (κ1) is 39.8. The third kappa shape index (κ3) is 6.62. The maximum Gasteiger partial charge on any atom is 0.272 e. The highest BCUT2D eigenvalue weighted by Crippen LogP contribution is 2.56. The SMILES string of the molecule is CC1(C)C(NC(=O)c2ccc(N3C[C@@H]4[C@@H](CN5CCN(c6cc7c(cc6F)C(=O)N(C6CCC(=O)NC6=O)C7=O)CC5)[C@@H]4C3)nn2)C(C)(C)C1Oc1ccc(C#N)c(Cl)c1. The molecule has 9 rings (SSSR count). The molecular weight excluding hydrogens is 793 g/mol. The maximum atomic E-state index is 15.5.